The molecule has 3 nitrogen and oxygen atoms in total. The van der Waals surface area contributed by atoms with Crippen molar-refractivity contribution in [3.63, 3.8) is 0 Å². The van der Waals surface area contributed by atoms with Gasteiger partial charge < -0.3 is 15.8 Å². The van der Waals surface area contributed by atoms with Crippen LogP contribution in [0.1, 0.15) is 44.2 Å². The number of nitrogens with two attached hydrogens (primary N) is 1. The average molecular weight is 248 g/mol. The first kappa shape index (κ1) is 13.4. The van der Waals surface area contributed by atoms with Gasteiger partial charge in [-0.15, -0.1) is 0 Å². The number of methoxy groups -OCH3 is 1. The van der Waals surface area contributed by atoms with Gasteiger partial charge in [-0.2, -0.15) is 0 Å². The lowest BCUT2D eigenvalue weighted by atomic mass is 9.90. The van der Waals surface area contributed by atoms with Crippen molar-refractivity contribution in [1.82, 2.24) is 5.32 Å². The second kappa shape index (κ2) is 6.21. The lowest BCUT2D eigenvalue weighted by Crippen LogP contribution is -2.47. The topological polar surface area (TPSA) is 47.3 Å². The summed E-state index contributed by atoms with van der Waals surface area (Å²) in [7, 11) is 1.69. The highest BCUT2D eigenvalue weighted by Crippen LogP contribution is 2.22. The third kappa shape index (κ3) is 3.24. The fourth-order valence-corrected chi connectivity index (χ4v) is 2.68. The maximum Gasteiger partial charge on any atom is 0.118 e. The van der Waals surface area contributed by atoms with Crippen LogP contribution in [0.4, 0.5) is 0 Å². The van der Waals surface area contributed by atoms with Crippen molar-refractivity contribution in [2.75, 3.05) is 7.11 Å². The molecule has 1 aliphatic rings. The maximum absolute atomic E-state index is 6.17. The van der Waals surface area contributed by atoms with Gasteiger partial charge in [-0.25, -0.2) is 0 Å². The van der Waals surface area contributed by atoms with Crippen molar-refractivity contribution < 1.29 is 4.74 Å². The quantitative estimate of drug-likeness (QED) is 0.861. The summed E-state index contributed by atoms with van der Waals surface area (Å²) in [5.74, 6) is 0.903. The number of nitrogens with one attached hydrogen (secondary N) is 1. The summed E-state index contributed by atoms with van der Waals surface area (Å²) in [5.41, 5.74) is 7.45. The van der Waals surface area contributed by atoms with Crippen LogP contribution in [-0.2, 0) is 0 Å². The van der Waals surface area contributed by atoms with Gasteiger partial charge in [-0.05, 0) is 37.5 Å². The van der Waals surface area contributed by atoms with E-state index in [4.69, 9.17) is 10.5 Å². The molecule has 3 heteroatoms. The van der Waals surface area contributed by atoms with Gasteiger partial charge >= 0.3 is 0 Å². The van der Waals surface area contributed by atoms with Crippen LogP contribution >= 0.6 is 0 Å². The molecule has 1 aromatic rings. The lowest BCUT2D eigenvalue weighted by Gasteiger charge is -2.32. The Morgan fingerprint density at radius 3 is 2.50 bits per heavy atom. The average Bonchev–Trinajstić information content (AvgIpc) is 2.41. The molecule has 0 amide bonds. The highest BCUT2D eigenvalue weighted by atomic mass is 16.5. The van der Waals surface area contributed by atoms with Gasteiger partial charge in [0.1, 0.15) is 5.75 Å². The molecule has 3 atom stereocenters. The molecule has 0 saturated heterocycles. The van der Waals surface area contributed by atoms with E-state index >= 15 is 0 Å². The van der Waals surface area contributed by atoms with Crippen molar-refractivity contribution in [2.45, 2.75) is 50.7 Å². The SMILES string of the molecule is COc1ccc([C@H](C)N[C@@H]2CCCC[C@@H]2N)cc1. The van der Waals surface area contributed by atoms with Crippen molar-refractivity contribution in [2.24, 2.45) is 5.73 Å². The van der Waals surface area contributed by atoms with Crippen LogP contribution in [0, 0.1) is 0 Å². The Morgan fingerprint density at radius 2 is 1.89 bits per heavy atom. The molecule has 0 heterocycles. The molecule has 1 aromatic carbocycles. The van der Waals surface area contributed by atoms with E-state index in [9.17, 15) is 0 Å². The minimum Gasteiger partial charge on any atom is -0.497 e. The monoisotopic (exact) mass is 248 g/mol. The van der Waals surface area contributed by atoms with Crippen molar-refractivity contribution in [3.8, 4) is 5.75 Å². The summed E-state index contributed by atoms with van der Waals surface area (Å²) in [6.45, 7) is 2.20. The molecule has 0 radical (unpaired) electrons. The van der Waals surface area contributed by atoms with E-state index in [1.807, 2.05) is 12.1 Å². The summed E-state index contributed by atoms with van der Waals surface area (Å²) >= 11 is 0. The number of hydrogen-bond donors (Lipinski definition) is 2. The zero-order chi connectivity index (χ0) is 13.0. The van der Waals surface area contributed by atoms with Crippen LogP contribution in [0.3, 0.4) is 0 Å². The van der Waals surface area contributed by atoms with E-state index in [2.05, 4.69) is 24.4 Å². The van der Waals surface area contributed by atoms with Gasteiger partial charge in [-0.3, -0.25) is 0 Å². The standard InChI is InChI=1S/C15H24N2O/c1-11(12-7-9-13(18-2)10-8-12)17-15-6-4-3-5-14(15)16/h7-11,14-15,17H,3-6,16H2,1-2H3/t11-,14-,15+/m0/s1. The normalized spacial score (nSPS) is 25.7. The van der Waals surface area contributed by atoms with Crippen LogP contribution in [0.2, 0.25) is 0 Å². The Morgan fingerprint density at radius 1 is 1.22 bits per heavy atom. The van der Waals surface area contributed by atoms with Gasteiger partial charge in [0, 0.05) is 18.1 Å². The number of benzene rings is 1. The minimum absolute atomic E-state index is 0.305. The third-order valence-corrected chi connectivity index (χ3v) is 3.90. The number of rotatable bonds is 4. The Balaban J connectivity index is 1.95. The Hall–Kier alpha value is -1.06. The van der Waals surface area contributed by atoms with Gasteiger partial charge in [0.05, 0.1) is 7.11 Å². The molecule has 0 spiro atoms. The molecule has 18 heavy (non-hydrogen) atoms. The molecule has 0 aromatic heterocycles. The van der Waals surface area contributed by atoms with E-state index in [-0.39, 0.29) is 0 Å². The van der Waals surface area contributed by atoms with Gasteiger partial charge in [0.2, 0.25) is 0 Å². The molecule has 3 N–H and O–H groups in total. The largest absolute Gasteiger partial charge is 0.497 e. The summed E-state index contributed by atoms with van der Waals surface area (Å²) in [6, 6.07) is 9.35. The van der Waals surface area contributed by atoms with Gasteiger partial charge in [-0.1, -0.05) is 25.0 Å². The van der Waals surface area contributed by atoms with E-state index in [0.29, 0.717) is 18.1 Å². The molecule has 0 unspecified atom stereocenters. The highest BCUT2D eigenvalue weighted by Gasteiger charge is 2.23. The summed E-state index contributed by atoms with van der Waals surface area (Å²) < 4.78 is 5.18. The lowest BCUT2D eigenvalue weighted by molar-refractivity contribution is 0.306. The molecule has 1 fully saturated rings. The van der Waals surface area contributed by atoms with Crippen LogP contribution in [-0.4, -0.2) is 19.2 Å². The molecule has 0 bridgehead atoms. The molecular weight excluding hydrogens is 224 g/mol. The molecule has 1 saturated carbocycles. The summed E-state index contributed by atoms with van der Waals surface area (Å²) in [4.78, 5) is 0. The highest BCUT2D eigenvalue weighted by molar-refractivity contribution is 5.28. The predicted molar refractivity (Wildman–Crippen MR) is 74.8 cm³/mol. The smallest absolute Gasteiger partial charge is 0.118 e. The zero-order valence-corrected chi connectivity index (χ0v) is 11.4. The molecule has 0 aliphatic heterocycles. The number of ether oxygens (including phenoxy) is 1. The fourth-order valence-electron chi connectivity index (χ4n) is 2.68. The van der Waals surface area contributed by atoms with Crippen molar-refractivity contribution >= 4 is 0 Å². The van der Waals surface area contributed by atoms with Crippen LogP contribution in [0.25, 0.3) is 0 Å². The van der Waals surface area contributed by atoms with E-state index in [1.165, 1.54) is 24.8 Å². The van der Waals surface area contributed by atoms with E-state index < -0.39 is 0 Å². The first-order chi connectivity index (χ1) is 8.70. The maximum atomic E-state index is 6.17. The zero-order valence-electron chi connectivity index (χ0n) is 11.4. The summed E-state index contributed by atoms with van der Waals surface area (Å²) in [6.07, 6.45) is 4.91. The van der Waals surface area contributed by atoms with Gasteiger partial charge in [0.15, 0.2) is 0 Å². The van der Waals surface area contributed by atoms with Crippen molar-refractivity contribution in [1.29, 1.82) is 0 Å². The number of hydrogen-bond acceptors (Lipinski definition) is 3. The van der Waals surface area contributed by atoms with Crippen LogP contribution in [0.5, 0.6) is 5.75 Å². The first-order valence-electron chi connectivity index (χ1n) is 6.86. The van der Waals surface area contributed by atoms with Crippen LogP contribution < -0.4 is 15.8 Å². The molecule has 2 rings (SSSR count). The van der Waals surface area contributed by atoms with Crippen LogP contribution in [0.15, 0.2) is 24.3 Å². The molecular formula is C15H24N2O. The second-order valence-electron chi connectivity index (χ2n) is 5.22. The predicted octanol–water partition coefficient (Wildman–Crippen LogP) is 2.62. The minimum atomic E-state index is 0.305. The first-order valence-corrected chi connectivity index (χ1v) is 6.86. The second-order valence-corrected chi connectivity index (χ2v) is 5.22. The summed E-state index contributed by atoms with van der Waals surface area (Å²) in [5, 5.41) is 3.66. The molecule has 100 valence electrons. The van der Waals surface area contributed by atoms with E-state index in [0.717, 1.165) is 12.2 Å². The molecule has 1 aliphatic carbocycles. The Bertz CT molecular complexity index is 363. The Kier molecular flexibility index (Phi) is 4.61. The fraction of sp³-hybridized carbons (Fsp3) is 0.600. The van der Waals surface area contributed by atoms with Gasteiger partial charge in [0.25, 0.3) is 0 Å². The van der Waals surface area contributed by atoms with E-state index in [1.54, 1.807) is 7.11 Å². The van der Waals surface area contributed by atoms with Crippen molar-refractivity contribution in [3.05, 3.63) is 29.8 Å². The third-order valence-electron chi connectivity index (χ3n) is 3.90. The Labute approximate surface area is 110 Å².